The Morgan fingerprint density at radius 2 is 2.03 bits per heavy atom. The molecule has 2 aromatic heterocycles. The van der Waals surface area contributed by atoms with Crippen molar-refractivity contribution in [3.05, 3.63) is 78.1 Å². The highest BCUT2D eigenvalue weighted by Gasteiger charge is 2.28. The number of carbonyl (C=O) groups is 2. The van der Waals surface area contributed by atoms with Gasteiger partial charge in [-0.1, -0.05) is 30.3 Å². The summed E-state index contributed by atoms with van der Waals surface area (Å²) >= 11 is 0. The molecule has 8 heteroatoms. The van der Waals surface area contributed by atoms with Gasteiger partial charge in [0.2, 0.25) is 11.8 Å². The van der Waals surface area contributed by atoms with E-state index in [9.17, 15) is 9.59 Å². The van der Waals surface area contributed by atoms with Crippen molar-refractivity contribution in [1.82, 2.24) is 30.0 Å². The molecule has 1 aliphatic heterocycles. The van der Waals surface area contributed by atoms with Gasteiger partial charge in [-0.3, -0.25) is 9.59 Å². The summed E-state index contributed by atoms with van der Waals surface area (Å²) in [6.07, 6.45) is 8.46. The number of hydrogen-bond acceptors (Lipinski definition) is 5. The van der Waals surface area contributed by atoms with Gasteiger partial charge in [0.1, 0.15) is 12.7 Å². The Hall–Kier alpha value is -3.81. The number of nitrogens with one attached hydrogen (secondary N) is 1. The zero-order valence-corrected chi connectivity index (χ0v) is 15.9. The molecule has 0 aliphatic carbocycles. The molecular weight excluding hydrogens is 368 g/mol. The predicted molar refractivity (Wildman–Crippen MR) is 106 cm³/mol. The Labute approximate surface area is 167 Å². The number of benzene rings is 1. The van der Waals surface area contributed by atoms with E-state index in [4.69, 9.17) is 0 Å². The molecule has 29 heavy (non-hydrogen) atoms. The summed E-state index contributed by atoms with van der Waals surface area (Å²) in [6, 6.07) is 11.1. The Balaban J connectivity index is 1.49. The molecule has 0 bridgehead atoms. The molecular formula is C21H20N6O2. The fourth-order valence-electron chi connectivity index (χ4n) is 3.45. The minimum atomic E-state index is -0.336. The molecule has 0 radical (unpaired) electrons. The molecule has 2 amide bonds. The van der Waals surface area contributed by atoms with Crippen LogP contribution in [0.3, 0.4) is 0 Å². The molecule has 0 fully saturated rings. The number of fused-ring (bicyclic) bond motifs is 1. The lowest BCUT2D eigenvalue weighted by Crippen LogP contribution is -2.35. The lowest BCUT2D eigenvalue weighted by molar-refractivity contribution is -0.130. The zero-order valence-electron chi connectivity index (χ0n) is 15.9. The molecule has 1 atom stereocenters. The van der Waals surface area contributed by atoms with Crippen LogP contribution in [0.2, 0.25) is 0 Å². The fourth-order valence-corrected chi connectivity index (χ4v) is 3.45. The van der Waals surface area contributed by atoms with Crippen molar-refractivity contribution < 1.29 is 9.59 Å². The molecule has 1 aliphatic rings. The van der Waals surface area contributed by atoms with Gasteiger partial charge in [-0.2, -0.15) is 5.10 Å². The number of hydrogen-bond donors (Lipinski definition) is 1. The molecule has 3 heterocycles. The highest BCUT2D eigenvalue weighted by atomic mass is 16.2. The average Bonchev–Trinajstić information content (AvgIpc) is 3.27. The van der Waals surface area contributed by atoms with Gasteiger partial charge in [0.15, 0.2) is 5.82 Å². The van der Waals surface area contributed by atoms with E-state index in [0.717, 1.165) is 16.7 Å². The minimum absolute atomic E-state index is 0.103. The van der Waals surface area contributed by atoms with E-state index in [1.165, 1.54) is 13.3 Å². The summed E-state index contributed by atoms with van der Waals surface area (Å²) < 4.78 is 1.56. The average molecular weight is 388 g/mol. The number of pyridine rings is 1. The van der Waals surface area contributed by atoms with E-state index in [1.807, 2.05) is 42.5 Å². The van der Waals surface area contributed by atoms with Crippen LogP contribution in [0.4, 0.5) is 0 Å². The maximum absolute atomic E-state index is 12.7. The molecule has 3 aromatic rings. The molecule has 1 N–H and O–H groups in total. The molecule has 146 valence electrons. The number of rotatable bonds is 5. The minimum Gasteiger partial charge on any atom is -0.352 e. The van der Waals surface area contributed by atoms with Crippen LogP contribution in [0.1, 0.15) is 36.1 Å². The van der Waals surface area contributed by atoms with Gasteiger partial charge < -0.3 is 10.2 Å². The molecule has 1 unspecified atom stereocenters. The number of nitrogens with zero attached hydrogens (tertiary/aromatic N) is 5. The first kappa shape index (κ1) is 18.5. The van der Waals surface area contributed by atoms with Crippen LogP contribution in [0, 0.1) is 0 Å². The van der Waals surface area contributed by atoms with E-state index < -0.39 is 0 Å². The Morgan fingerprint density at radius 3 is 2.83 bits per heavy atom. The lowest BCUT2D eigenvalue weighted by Gasteiger charge is -2.32. The maximum atomic E-state index is 12.7. The summed E-state index contributed by atoms with van der Waals surface area (Å²) in [7, 11) is 0. The Morgan fingerprint density at radius 1 is 1.17 bits per heavy atom. The first-order chi connectivity index (χ1) is 14.1. The monoisotopic (exact) mass is 388 g/mol. The lowest BCUT2D eigenvalue weighted by atomic mass is 9.93. The highest BCUT2D eigenvalue weighted by Crippen LogP contribution is 2.32. The number of carbonyl (C=O) groups excluding carboxylic acids is 2. The van der Waals surface area contributed by atoms with E-state index in [2.05, 4.69) is 20.4 Å². The quantitative estimate of drug-likeness (QED) is 0.724. The van der Waals surface area contributed by atoms with Gasteiger partial charge in [0.05, 0.1) is 12.5 Å². The standard InChI is InChI=1S/C21H20N6O2/c1-15(28)26-10-8-16-5-2-3-7-18(16)19(26)11-20(29)24-12-17-6-4-9-23-21(17)27-14-22-13-25-27/h2-10,13-14,19H,11-12H2,1H3,(H,24,29). The van der Waals surface area contributed by atoms with E-state index >= 15 is 0 Å². The van der Waals surface area contributed by atoms with Crippen LogP contribution in [0.5, 0.6) is 0 Å². The molecule has 0 spiro atoms. The van der Waals surface area contributed by atoms with E-state index in [0.29, 0.717) is 12.4 Å². The van der Waals surface area contributed by atoms with Crippen LogP contribution < -0.4 is 5.32 Å². The van der Waals surface area contributed by atoms with Crippen molar-refractivity contribution in [2.75, 3.05) is 0 Å². The molecule has 8 nitrogen and oxygen atoms in total. The van der Waals surface area contributed by atoms with Gasteiger partial charge in [-0.05, 0) is 23.3 Å². The molecule has 0 saturated carbocycles. The first-order valence-corrected chi connectivity index (χ1v) is 9.25. The third kappa shape index (κ3) is 3.91. The summed E-state index contributed by atoms with van der Waals surface area (Å²) in [5, 5.41) is 7.04. The van der Waals surface area contributed by atoms with E-state index in [-0.39, 0.29) is 24.3 Å². The van der Waals surface area contributed by atoms with Gasteiger partial charge >= 0.3 is 0 Å². The molecule has 4 rings (SSSR count). The van der Waals surface area contributed by atoms with Crippen LogP contribution in [-0.4, -0.2) is 36.5 Å². The summed E-state index contributed by atoms with van der Waals surface area (Å²) in [6.45, 7) is 1.80. The first-order valence-electron chi connectivity index (χ1n) is 9.25. The van der Waals surface area contributed by atoms with Crippen LogP contribution in [0.25, 0.3) is 11.9 Å². The van der Waals surface area contributed by atoms with Crippen molar-refractivity contribution in [1.29, 1.82) is 0 Å². The smallest absolute Gasteiger partial charge is 0.223 e. The topological polar surface area (TPSA) is 93.0 Å². The SMILES string of the molecule is CC(=O)N1C=Cc2ccccc2C1CC(=O)NCc1cccnc1-n1cncn1. The maximum Gasteiger partial charge on any atom is 0.223 e. The third-order valence-corrected chi connectivity index (χ3v) is 4.83. The van der Waals surface area contributed by atoms with Gasteiger partial charge in [0.25, 0.3) is 0 Å². The van der Waals surface area contributed by atoms with Crippen LogP contribution >= 0.6 is 0 Å². The van der Waals surface area contributed by atoms with Crippen molar-refractivity contribution in [3.8, 4) is 5.82 Å². The summed E-state index contributed by atoms with van der Waals surface area (Å²) in [5.41, 5.74) is 2.80. The van der Waals surface area contributed by atoms with Gasteiger partial charge in [-0.15, -0.1) is 0 Å². The molecule has 0 saturated heterocycles. The Kier molecular flexibility index (Phi) is 5.15. The van der Waals surface area contributed by atoms with Crippen LogP contribution in [0.15, 0.2) is 61.4 Å². The zero-order chi connectivity index (χ0) is 20.2. The number of amides is 2. The largest absolute Gasteiger partial charge is 0.352 e. The fraction of sp³-hybridized carbons (Fsp3) is 0.190. The highest BCUT2D eigenvalue weighted by molar-refractivity contribution is 5.81. The van der Waals surface area contributed by atoms with Gasteiger partial charge in [0, 0.05) is 31.4 Å². The van der Waals surface area contributed by atoms with Crippen molar-refractivity contribution in [2.24, 2.45) is 0 Å². The third-order valence-electron chi connectivity index (χ3n) is 4.83. The summed E-state index contributed by atoms with van der Waals surface area (Å²) in [5.74, 6) is 0.357. The predicted octanol–water partition coefficient (Wildman–Crippen LogP) is 2.24. The van der Waals surface area contributed by atoms with Gasteiger partial charge in [-0.25, -0.2) is 14.6 Å². The normalized spacial score (nSPS) is 15.1. The van der Waals surface area contributed by atoms with E-state index in [1.54, 1.807) is 28.3 Å². The number of aromatic nitrogens is 4. The molecule has 1 aromatic carbocycles. The Bertz CT molecular complexity index is 1060. The van der Waals surface area contributed by atoms with Crippen molar-refractivity contribution in [3.63, 3.8) is 0 Å². The van der Waals surface area contributed by atoms with Crippen LogP contribution in [-0.2, 0) is 16.1 Å². The second kappa shape index (κ2) is 8.05. The summed E-state index contributed by atoms with van der Waals surface area (Å²) in [4.78, 5) is 34.7. The van der Waals surface area contributed by atoms with Crippen molar-refractivity contribution in [2.45, 2.75) is 25.9 Å². The second-order valence-electron chi connectivity index (χ2n) is 6.69. The van der Waals surface area contributed by atoms with Crippen molar-refractivity contribution >= 4 is 17.9 Å². The second-order valence-corrected chi connectivity index (χ2v) is 6.69.